The second-order valence-electron chi connectivity index (χ2n) is 7.71. The zero-order chi connectivity index (χ0) is 22.1. The first-order chi connectivity index (χ1) is 15.0. The molecule has 1 saturated heterocycles. The van der Waals surface area contributed by atoms with Crippen molar-refractivity contribution in [3.63, 3.8) is 0 Å². The van der Waals surface area contributed by atoms with Crippen molar-refractivity contribution >= 4 is 17.5 Å². The summed E-state index contributed by atoms with van der Waals surface area (Å²) in [5, 5.41) is 14.2. The zero-order valence-corrected chi connectivity index (χ0v) is 18.7. The van der Waals surface area contributed by atoms with Crippen molar-refractivity contribution in [2.75, 3.05) is 39.4 Å². The highest BCUT2D eigenvalue weighted by Gasteiger charge is 2.27. The molecule has 1 amide bonds. The smallest absolute Gasteiger partial charge is 0.234 e. The standard InChI is InChI=1S/C24H31ClN2O4/c1-2-30-21-7-9-22(10-8-21)31-16-13-26-23(28)17-27-14-11-19(12-15-27)24(29)18-3-5-20(25)6-4-18/h3-10,19,24,29H,2,11-17H2,1H3,(H,26,28). The van der Waals surface area contributed by atoms with Gasteiger partial charge in [0.15, 0.2) is 0 Å². The van der Waals surface area contributed by atoms with Gasteiger partial charge in [0.2, 0.25) is 5.91 Å². The molecule has 0 aromatic heterocycles. The maximum atomic E-state index is 12.2. The molecule has 1 unspecified atom stereocenters. The summed E-state index contributed by atoms with van der Waals surface area (Å²) in [7, 11) is 0. The van der Waals surface area contributed by atoms with E-state index in [1.807, 2.05) is 43.3 Å². The number of aliphatic hydroxyl groups is 1. The number of amides is 1. The number of ether oxygens (including phenoxy) is 2. The molecule has 0 spiro atoms. The minimum atomic E-state index is -0.493. The average molecular weight is 447 g/mol. The number of halogens is 1. The summed E-state index contributed by atoms with van der Waals surface area (Å²) in [6.45, 7) is 5.41. The average Bonchev–Trinajstić information content (AvgIpc) is 2.78. The van der Waals surface area contributed by atoms with E-state index in [1.165, 1.54) is 0 Å². The van der Waals surface area contributed by atoms with Gasteiger partial charge in [0.25, 0.3) is 0 Å². The molecule has 0 aliphatic carbocycles. The van der Waals surface area contributed by atoms with Crippen molar-refractivity contribution < 1.29 is 19.4 Å². The van der Waals surface area contributed by atoms with Crippen LogP contribution in [0.4, 0.5) is 0 Å². The highest BCUT2D eigenvalue weighted by Crippen LogP contribution is 2.31. The molecule has 1 fully saturated rings. The molecular formula is C24H31ClN2O4. The Morgan fingerprint density at radius 1 is 1.10 bits per heavy atom. The van der Waals surface area contributed by atoms with Crippen molar-refractivity contribution in [3.8, 4) is 11.5 Å². The molecule has 7 heteroatoms. The quantitative estimate of drug-likeness (QED) is 0.545. The van der Waals surface area contributed by atoms with Crippen LogP contribution < -0.4 is 14.8 Å². The van der Waals surface area contributed by atoms with Gasteiger partial charge in [-0.15, -0.1) is 0 Å². The summed E-state index contributed by atoms with van der Waals surface area (Å²) in [5.74, 6) is 1.75. The molecular weight excluding hydrogens is 416 g/mol. The molecule has 2 N–H and O–H groups in total. The van der Waals surface area contributed by atoms with Crippen LogP contribution in [0, 0.1) is 5.92 Å². The fourth-order valence-electron chi connectivity index (χ4n) is 3.78. The molecule has 2 aromatic carbocycles. The molecule has 1 aliphatic rings. The molecule has 0 bridgehead atoms. The van der Waals surface area contributed by atoms with Gasteiger partial charge in [-0.1, -0.05) is 23.7 Å². The lowest BCUT2D eigenvalue weighted by atomic mass is 9.87. The maximum Gasteiger partial charge on any atom is 0.234 e. The third kappa shape index (κ3) is 7.42. The molecule has 1 atom stereocenters. The summed E-state index contributed by atoms with van der Waals surface area (Å²) in [6, 6.07) is 14.8. The predicted octanol–water partition coefficient (Wildman–Crippen LogP) is 3.68. The van der Waals surface area contributed by atoms with Crippen molar-refractivity contribution in [1.82, 2.24) is 10.2 Å². The van der Waals surface area contributed by atoms with Crippen molar-refractivity contribution in [1.29, 1.82) is 0 Å². The fraction of sp³-hybridized carbons (Fsp3) is 0.458. The summed E-state index contributed by atoms with van der Waals surface area (Å²) in [6.07, 6.45) is 1.23. The normalized spacial score (nSPS) is 16.0. The van der Waals surface area contributed by atoms with Crippen molar-refractivity contribution in [2.45, 2.75) is 25.9 Å². The van der Waals surface area contributed by atoms with Crippen LogP contribution in [0.25, 0.3) is 0 Å². The number of nitrogens with zero attached hydrogens (tertiary/aromatic N) is 1. The first-order valence-electron chi connectivity index (χ1n) is 10.8. The van der Waals surface area contributed by atoms with Gasteiger partial charge in [-0.2, -0.15) is 0 Å². The Hall–Kier alpha value is -2.28. The highest BCUT2D eigenvalue weighted by atomic mass is 35.5. The van der Waals surface area contributed by atoms with E-state index in [0.717, 1.165) is 43.0 Å². The summed E-state index contributed by atoms with van der Waals surface area (Å²) >= 11 is 5.92. The van der Waals surface area contributed by atoms with Crippen LogP contribution in [0.15, 0.2) is 48.5 Å². The molecule has 2 aromatic rings. The third-order valence-electron chi connectivity index (χ3n) is 5.49. The van der Waals surface area contributed by atoms with Gasteiger partial charge in [-0.25, -0.2) is 0 Å². The van der Waals surface area contributed by atoms with Crippen molar-refractivity contribution in [2.24, 2.45) is 5.92 Å². The van der Waals surface area contributed by atoms with Crippen LogP contribution in [-0.2, 0) is 4.79 Å². The van der Waals surface area contributed by atoms with E-state index in [0.29, 0.717) is 31.3 Å². The van der Waals surface area contributed by atoms with E-state index in [-0.39, 0.29) is 11.8 Å². The van der Waals surface area contributed by atoms with Crippen LogP contribution in [0.3, 0.4) is 0 Å². The Labute approximate surface area is 189 Å². The van der Waals surface area contributed by atoms with Gasteiger partial charge in [-0.3, -0.25) is 9.69 Å². The van der Waals surface area contributed by atoms with Crippen LogP contribution in [0.5, 0.6) is 11.5 Å². The minimum absolute atomic E-state index is 0.00741. The second-order valence-corrected chi connectivity index (χ2v) is 8.15. The second kappa shape index (κ2) is 11.9. The minimum Gasteiger partial charge on any atom is -0.494 e. The Balaban J connectivity index is 1.31. The monoisotopic (exact) mass is 446 g/mol. The predicted molar refractivity (Wildman–Crippen MR) is 122 cm³/mol. The lowest BCUT2D eigenvalue weighted by Gasteiger charge is -2.34. The first-order valence-corrected chi connectivity index (χ1v) is 11.2. The van der Waals surface area contributed by atoms with Gasteiger partial charge in [0.1, 0.15) is 18.1 Å². The van der Waals surface area contributed by atoms with Crippen LogP contribution in [0.1, 0.15) is 31.4 Å². The number of carbonyl (C=O) groups excluding carboxylic acids is 1. The number of nitrogens with one attached hydrogen (secondary N) is 1. The number of hydrogen-bond donors (Lipinski definition) is 2. The number of rotatable bonds is 10. The Bertz CT molecular complexity index is 805. The first kappa shape index (κ1) is 23.4. The summed E-state index contributed by atoms with van der Waals surface area (Å²) in [5.41, 5.74) is 0.896. The molecule has 1 heterocycles. The maximum absolute atomic E-state index is 12.2. The Kier molecular flexibility index (Phi) is 9.00. The number of piperidine rings is 1. The van der Waals surface area contributed by atoms with E-state index in [2.05, 4.69) is 10.2 Å². The SMILES string of the molecule is CCOc1ccc(OCCNC(=O)CN2CCC(C(O)c3ccc(Cl)cc3)CC2)cc1. The van der Waals surface area contributed by atoms with Crippen LogP contribution in [-0.4, -0.2) is 55.3 Å². The Morgan fingerprint density at radius 2 is 1.71 bits per heavy atom. The van der Waals surface area contributed by atoms with E-state index in [4.69, 9.17) is 21.1 Å². The summed E-state index contributed by atoms with van der Waals surface area (Å²) in [4.78, 5) is 14.4. The molecule has 31 heavy (non-hydrogen) atoms. The Morgan fingerprint density at radius 3 is 2.32 bits per heavy atom. The zero-order valence-electron chi connectivity index (χ0n) is 17.9. The summed E-state index contributed by atoms with van der Waals surface area (Å²) < 4.78 is 11.0. The molecule has 0 saturated carbocycles. The molecule has 1 aliphatic heterocycles. The van der Waals surface area contributed by atoms with E-state index >= 15 is 0 Å². The van der Waals surface area contributed by atoms with E-state index < -0.39 is 6.10 Å². The largest absolute Gasteiger partial charge is 0.494 e. The van der Waals surface area contributed by atoms with Gasteiger partial charge < -0.3 is 19.9 Å². The van der Waals surface area contributed by atoms with Gasteiger partial charge in [0.05, 0.1) is 25.8 Å². The topological polar surface area (TPSA) is 71.0 Å². The highest BCUT2D eigenvalue weighted by molar-refractivity contribution is 6.30. The van der Waals surface area contributed by atoms with Crippen molar-refractivity contribution in [3.05, 3.63) is 59.1 Å². The molecule has 0 radical (unpaired) electrons. The fourth-order valence-corrected chi connectivity index (χ4v) is 3.90. The molecule has 168 valence electrons. The molecule has 3 rings (SSSR count). The van der Waals surface area contributed by atoms with Gasteiger partial charge in [0, 0.05) is 5.02 Å². The van der Waals surface area contributed by atoms with E-state index in [1.54, 1.807) is 12.1 Å². The van der Waals surface area contributed by atoms with Crippen LogP contribution in [0.2, 0.25) is 5.02 Å². The lowest BCUT2D eigenvalue weighted by molar-refractivity contribution is -0.122. The molecule has 6 nitrogen and oxygen atoms in total. The third-order valence-corrected chi connectivity index (χ3v) is 5.74. The number of likely N-dealkylation sites (tertiary alicyclic amines) is 1. The van der Waals surface area contributed by atoms with Gasteiger partial charge >= 0.3 is 0 Å². The van der Waals surface area contributed by atoms with Gasteiger partial charge in [-0.05, 0) is 80.7 Å². The number of hydrogen-bond acceptors (Lipinski definition) is 5. The number of aliphatic hydroxyl groups excluding tert-OH is 1. The lowest BCUT2D eigenvalue weighted by Crippen LogP contribution is -2.43. The number of carbonyl (C=O) groups is 1. The van der Waals surface area contributed by atoms with E-state index in [9.17, 15) is 9.90 Å². The number of benzene rings is 2. The van der Waals surface area contributed by atoms with Crippen LogP contribution >= 0.6 is 11.6 Å².